The van der Waals surface area contributed by atoms with E-state index in [0.717, 1.165) is 19.4 Å². The van der Waals surface area contributed by atoms with Crippen molar-refractivity contribution >= 4 is 45.6 Å². The van der Waals surface area contributed by atoms with E-state index < -0.39 is 5.82 Å². The number of likely N-dealkylation sites (N-methyl/N-ethyl adjacent to an activating group) is 1. The minimum Gasteiger partial charge on any atom is -0.489 e. The number of hydrogen-bond acceptors (Lipinski definition) is 7. The van der Waals surface area contributed by atoms with Gasteiger partial charge in [0.05, 0.1) is 22.8 Å². The summed E-state index contributed by atoms with van der Waals surface area (Å²) in [7, 11) is 3.64. The third-order valence-electron chi connectivity index (χ3n) is 5.77. The standard InChI is InChI=1S/C25H27ClFN5O3/c1-32-9-3-4-17(32)6-8-24(33)31-22-13-18-21(14-23(22)35-11-10-34-2)28-15-29-25(18)30-16-5-7-20(27)19(26)12-16/h5-8,12-15,17H,3-4,9-11H2,1-2H3,(H,31,33)(H,28,29,30)/b8-6+/t17-/m0/s1. The smallest absolute Gasteiger partial charge is 0.248 e. The van der Waals surface area contributed by atoms with Crippen LogP contribution in [0, 0.1) is 5.82 Å². The molecule has 0 bridgehead atoms. The Balaban J connectivity index is 1.64. The zero-order valence-corrected chi connectivity index (χ0v) is 20.3. The monoisotopic (exact) mass is 499 g/mol. The van der Waals surface area contributed by atoms with E-state index in [2.05, 4.69) is 25.5 Å². The summed E-state index contributed by atoms with van der Waals surface area (Å²) in [5.74, 6) is 0.158. The van der Waals surface area contributed by atoms with Crippen molar-refractivity contribution < 1.29 is 18.7 Å². The second kappa shape index (κ2) is 11.4. The predicted molar refractivity (Wildman–Crippen MR) is 135 cm³/mol. The number of benzene rings is 2. The van der Waals surface area contributed by atoms with Gasteiger partial charge in [0.2, 0.25) is 5.91 Å². The molecule has 1 aliphatic rings. The van der Waals surface area contributed by atoms with Gasteiger partial charge in [-0.05, 0) is 50.7 Å². The number of carbonyl (C=O) groups is 1. The van der Waals surface area contributed by atoms with Crippen molar-refractivity contribution in [1.29, 1.82) is 0 Å². The quantitative estimate of drug-likeness (QED) is 0.323. The first-order valence-electron chi connectivity index (χ1n) is 11.3. The summed E-state index contributed by atoms with van der Waals surface area (Å²) in [6.07, 6.45) is 7.03. The van der Waals surface area contributed by atoms with Gasteiger partial charge in [0.1, 0.15) is 30.3 Å². The number of amides is 1. The van der Waals surface area contributed by atoms with E-state index in [0.29, 0.717) is 47.1 Å². The molecule has 0 radical (unpaired) electrons. The molecule has 0 unspecified atom stereocenters. The van der Waals surface area contributed by atoms with E-state index in [4.69, 9.17) is 21.1 Å². The van der Waals surface area contributed by atoms with Gasteiger partial charge in [-0.15, -0.1) is 0 Å². The Morgan fingerprint density at radius 2 is 2.14 bits per heavy atom. The van der Waals surface area contributed by atoms with Crippen molar-refractivity contribution in [3.63, 3.8) is 0 Å². The number of ether oxygens (including phenoxy) is 2. The molecule has 184 valence electrons. The average Bonchev–Trinajstić information content (AvgIpc) is 3.25. The van der Waals surface area contributed by atoms with Crippen LogP contribution in [0.5, 0.6) is 5.75 Å². The Kier molecular flexibility index (Phi) is 8.12. The van der Waals surface area contributed by atoms with Crippen LogP contribution in [0.4, 0.5) is 21.6 Å². The number of carbonyl (C=O) groups excluding carboxylic acids is 1. The lowest BCUT2D eigenvalue weighted by Crippen LogP contribution is -2.23. The molecule has 1 atom stereocenters. The fourth-order valence-electron chi connectivity index (χ4n) is 3.90. The SMILES string of the molecule is COCCOc1cc2ncnc(Nc3ccc(F)c(Cl)c3)c2cc1NC(=O)/C=C/[C@@H]1CCCN1C. The molecular formula is C25H27ClFN5O3. The maximum Gasteiger partial charge on any atom is 0.248 e. The lowest BCUT2D eigenvalue weighted by Gasteiger charge is -2.16. The highest BCUT2D eigenvalue weighted by Crippen LogP contribution is 2.34. The number of nitrogens with zero attached hydrogens (tertiary/aromatic N) is 3. The van der Waals surface area contributed by atoms with Gasteiger partial charge in [-0.2, -0.15) is 0 Å². The first-order valence-corrected chi connectivity index (χ1v) is 11.6. The van der Waals surface area contributed by atoms with E-state index in [-0.39, 0.29) is 17.0 Å². The summed E-state index contributed by atoms with van der Waals surface area (Å²) in [6.45, 7) is 1.72. The van der Waals surface area contributed by atoms with Gasteiger partial charge in [0, 0.05) is 36.4 Å². The second-order valence-electron chi connectivity index (χ2n) is 8.22. The van der Waals surface area contributed by atoms with Crippen molar-refractivity contribution in [2.75, 3.05) is 44.5 Å². The highest BCUT2D eigenvalue weighted by molar-refractivity contribution is 6.31. The van der Waals surface area contributed by atoms with E-state index in [9.17, 15) is 9.18 Å². The molecule has 3 aromatic rings. The van der Waals surface area contributed by atoms with Crippen LogP contribution in [-0.4, -0.2) is 60.7 Å². The van der Waals surface area contributed by atoms with Gasteiger partial charge in [0.15, 0.2) is 0 Å². The third kappa shape index (κ3) is 6.25. The van der Waals surface area contributed by atoms with E-state index in [1.807, 2.05) is 13.1 Å². The lowest BCUT2D eigenvalue weighted by molar-refractivity contribution is -0.112. The van der Waals surface area contributed by atoms with Gasteiger partial charge >= 0.3 is 0 Å². The largest absolute Gasteiger partial charge is 0.489 e. The third-order valence-corrected chi connectivity index (χ3v) is 6.06. The average molecular weight is 500 g/mol. The number of rotatable bonds is 9. The Morgan fingerprint density at radius 1 is 1.29 bits per heavy atom. The molecule has 1 amide bonds. The number of methoxy groups -OCH3 is 1. The van der Waals surface area contributed by atoms with Crippen molar-refractivity contribution in [2.24, 2.45) is 0 Å². The Morgan fingerprint density at radius 3 is 2.89 bits per heavy atom. The summed E-state index contributed by atoms with van der Waals surface area (Å²) in [5, 5.41) is 6.69. The molecule has 35 heavy (non-hydrogen) atoms. The molecule has 4 rings (SSSR count). The predicted octanol–water partition coefficient (Wildman–Crippen LogP) is 4.78. The number of fused-ring (bicyclic) bond motifs is 1. The molecule has 10 heteroatoms. The van der Waals surface area contributed by atoms with Gasteiger partial charge in [-0.25, -0.2) is 14.4 Å². The van der Waals surface area contributed by atoms with Crippen LogP contribution >= 0.6 is 11.6 Å². The van der Waals surface area contributed by atoms with Crippen molar-refractivity contribution in [1.82, 2.24) is 14.9 Å². The minimum absolute atomic E-state index is 0.00478. The molecule has 2 heterocycles. The molecular weight excluding hydrogens is 473 g/mol. The van der Waals surface area contributed by atoms with Crippen molar-refractivity contribution in [3.8, 4) is 5.75 Å². The number of nitrogens with one attached hydrogen (secondary N) is 2. The molecule has 0 spiro atoms. The molecule has 0 saturated carbocycles. The summed E-state index contributed by atoms with van der Waals surface area (Å²) in [4.78, 5) is 23.6. The molecule has 0 aliphatic carbocycles. The lowest BCUT2D eigenvalue weighted by atomic mass is 10.1. The maximum absolute atomic E-state index is 13.6. The fraction of sp³-hybridized carbons (Fsp3) is 0.320. The van der Waals surface area contributed by atoms with Crippen LogP contribution in [0.1, 0.15) is 12.8 Å². The molecule has 1 fully saturated rings. The number of aromatic nitrogens is 2. The van der Waals surface area contributed by atoms with Gasteiger partial charge in [-0.1, -0.05) is 17.7 Å². The van der Waals surface area contributed by atoms with Crippen molar-refractivity contribution in [2.45, 2.75) is 18.9 Å². The Labute approximate surface area is 208 Å². The molecule has 2 N–H and O–H groups in total. The van der Waals surface area contributed by atoms with Crippen LogP contribution in [0.2, 0.25) is 5.02 Å². The Bertz CT molecular complexity index is 1240. The van der Waals surface area contributed by atoms with Crippen LogP contribution in [0.25, 0.3) is 10.9 Å². The summed E-state index contributed by atoms with van der Waals surface area (Å²) < 4.78 is 24.5. The number of likely N-dealkylation sites (tertiary alicyclic amines) is 1. The summed E-state index contributed by atoms with van der Waals surface area (Å²) in [5.41, 5.74) is 1.63. The molecule has 1 aromatic heterocycles. The van der Waals surface area contributed by atoms with Crippen LogP contribution < -0.4 is 15.4 Å². The molecule has 1 saturated heterocycles. The van der Waals surface area contributed by atoms with E-state index in [1.165, 1.54) is 18.5 Å². The zero-order valence-electron chi connectivity index (χ0n) is 19.6. The molecule has 2 aromatic carbocycles. The van der Waals surface area contributed by atoms with Crippen LogP contribution in [-0.2, 0) is 9.53 Å². The van der Waals surface area contributed by atoms with Gasteiger partial charge < -0.3 is 20.1 Å². The fourth-order valence-corrected chi connectivity index (χ4v) is 4.08. The van der Waals surface area contributed by atoms with E-state index in [1.54, 1.807) is 31.4 Å². The number of halogens is 2. The maximum atomic E-state index is 13.6. The molecule has 1 aliphatic heterocycles. The normalized spacial score (nSPS) is 16.2. The number of anilines is 3. The zero-order chi connectivity index (χ0) is 24.8. The van der Waals surface area contributed by atoms with Gasteiger partial charge in [0.25, 0.3) is 0 Å². The van der Waals surface area contributed by atoms with Crippen LogP contribution in [0.3, 0.4) is 0 Å². The van der Waals surface area contributed by atoms with Crippen molar-refractivity contribution in [3.05, 3.63) is 59.7 Å². The highest BCUT2D eigenvalue weighted by Gasteiger charge is 2.18. The van der Waals surface area contributed by atoms with E-state index >= 15 is 0 Å². The topological polar surface area (TPSA) is 88.6 Å². The highest BCUT2D eigenvalue weighted by atomic mass is 35.5. The summed E-state index contributed by atoms with van der Waals surface area (Å²) in [6, 6.07) is 8.04. The minimum atomic E-state index is -0.510. The first kappa shape index (κ1) is 24.8. The Hall–Kier alpha value is -3.27. The van der Waals surface area contributed by atoms with Gasteiger partial charge in [-0.3, -0.25) is 9.69 Å². The first-order chi connectivity index (χ1) is 16.9. The van der Waals surface area contributed by atoms with Crippen LogP contribution in [0.15, 0.2) is 48.8 Å². The number of hydrogen-bond donors (Lipinski definition) is 2. The molecule has 8 nitrogen and oxygen atoms in total. The summed E-state index contributed by atoms with van der Waals surface area (Å²) >= 11 is 5.92. The second-order valence-corrected chi connectivity index (χ2v) is 8.63.